The lowest BCUT2D eigenvalue weighted by molar-refractivity contribution is 0.242. The Hall–Kier alpha value is -1.84. The Morgan fingerprint density at radius 3 is 2.47 bits per heavy atom. The summed E-state index contributed by atoms with van der Waals surface area (Å²) in [4.78, 5) is 0. The van der Waals surface area contributed by atoms with Crippen LogP contribution in [0.3, 0.4) is 0 Å². The molecule has 0 saturated carbocycles. The second-order valence-electron chi connectivity index (χ2n) is 5.01. The second-order valence-corrected chi connectivity index (χ2v) is 5.01. The van der Waals surface area contributed by atoms with Crippen molar-refractivity contribution in [1.82, 2.24) is 15.4 Å². The molecule has 0 saturated heterocycles. The van der Waals surface area contributed by atoms with Crippen molar-refractivity contribution in [2.24, 2.45) is 0 Å². The van der Waals surface area contributed by atoms with E-state index in [1.54, 1.807) is 6.20 Å². The minimum Gasteiger partial charge on any atom is -0.491 e. The van der Waals surface area contributed by atoms with Gasteiger partial charge >= 0.3 is 0 Å². The van der Waals surface area contributed by atoms with Gasteiger partial charge in [0.1, 0.15) is 5.75 Å². The number of hydrogen-bond acceptors (Lipinski definition) is 3. The Morgan fingerprint density at radius 2 is 1.95 bits per heavy atom. The number of hydrogen-bond donors (Lipinski definition) is 1. The van der Waals surface area contributed by atoms with Crippen molar-refractivity contribution in [3.05, 3.63) is 41.7 Å². The highest BCUT2D eigenvalue weighted by atomic mass is 16.5. The summed E-state index contributed by atoms with van der Waals surface area (Å²) in [7, 11) is 0. The summed E-state index contributed by atoms with van der Waals surface area (Å²) < 4.78 is 5.66. The van der Waals surface area contributed by atoms with E-state index in [1.807, 2.05) is 26.0 Å². The lowest BCUT2D eigenvalue weighted by Crippen LogP contribution is -2.06. The predicted molar refractivity (Wildman–Crippen MR) is 75.3 cm³/mol. The maximum absolute atomic E-state index is 5.66. The molecule has 1 aromatic carbocycles. The molecule has 0 amide bonds. The van der Waals surface area contributed by atoms with Gasteiger partial charge in [0.15, 0.2) is 0 Å². The smallest absolute Gasteiger partial charge is 0.119 e. The second kappa shape index (κ2) is 6.36. The number of nitrogens with one attached hydrogen (secondary N) is 1. The number of rotatable bonds is 6. The molecular weight excluding hydrogens is 238 g/mol. The van der Waals surface area contributed by atoms with Crippen LogP contribution in [0.4, 0.5) is 0 Å². The van der Waals surface area contributed by atoms with E-state index in [-0.39, 0.29) is 6.10 Å². The van der Waals surface area contributed by atoms with Gasteiger partial charge in [-0.05, 0) is 50.3 Å². The molecule has 4 nitrogen and oxygen atoms in total. The van der Waals surface area contributed by atoms with Crippen molar-refractivity contribution in [3.63, 3.8) is 0 Å². The van der Waals surface area contributed by atoms with Crippen molar-refractivity contribution in [2.45, 2.75) is 45.6 Å². The molecule has 0 bridgehead atoms. The molecule has 1 aromatic heterocycles. The summed E-state index contributed by atoms with van der Waals surface area (Å²) >= 11 is 0. The summed E-state index contributed by atoms with van der Waals surface area (Å²) in [6.45, 7) is 6.27. The van der Waals surface area contributed by atoms with Crippen LogP contribution in [-0.4, -0.2) is 21.5 Å². The zero-order chi connectivity index (χ0) is 13.7. The van der Waals surface area contributed by atoms with Gasteiger partial charge in [0.25, 0.3) is 0 Å². The molecular formula is C15H21N3O. The lowest BCUT2D eigenvalue weighted by atomic mass is 9.92. The van der Waals surface area contributed by atoms with E-state index in [9.17, 15) is 0 Å². The van der Waals surface area contributed by atoms with Crippen LogP contribution < -0.4 is 4.74 Å². The van der Waals surface area contributed by atoms with Gasteiger partial charge in [-0.2, -0.15) is 15.4 Å². The maximum Gasteiger partial charge on any atom is 0.119 e. The Balaban J connectivity index is 2.06. The van der Waals surface area contributed by atoms with Crippen molar-refractivity contribution >= 4 is 0 Å². The van der Waals surface area contributed by atoms with Gasteiger partial charge in [-0.15, -0.1) is 0 Å². The summed E-state index contributed by atoms with van der Waals surface area (Å²) in [6.07, 6.45) is 4.00. The van der Waals surface area contributed by atoms with Crippen molar-refractivity contribution in [3.8, 4) is 5.75 Å². The van der Waals surface area contributed by atoms with Crippen molar-refractivity contribution in [1.29, 1.82) is 0 Å². The first kappa shape index (κ1) is 13.6. The van der Waals surface area contributed by atoms with Crippen LogP contribution in [-0.2, 0) is 6.42 Å². The normalized spacial score (nSPS) is 12.6. The van der Waals surface area contributed by atoms with Gasteiger partial charge in [0.2, 0.25) is 0 Å². The number of nitrogens with zero attached hydrogens (tertiary/aromatic N) is 2. The van der Waals surface area contributed by atoms with E-state index in [1.165, 1.54) is 5.56 Å². The van der Waals surface area contributed by atoms with E-state index >= 15 is 0 Å². The van der Waals surface area contributed by atoms with Gasteiger partial charge < -0.3 is 4.74 Å². The van der Waals surface area contributed by atoms with E-state index in [2.05, 4.69) is 34.5 Å². The molecule has 0 spiro atoms. The van der Waals surface area contributed by atoms with Crippen LogP contribution in [0.25, 0.3) is 0 Å². The van der Waals surface area contributed by atoms with Gasteiger partial charge in [-0.1, -0.05) is 19.1 Å². The fourth-order valence-electron chi connectivity index (χ4n) is 2.16. The molecule has 4 heteroatoms. The highest BCUT2D eigenvalue weighted by Gasteiger charge is 2.12. The van der Waals surface area contributed by atoms with E-state index in [0.717, 1.165) is 24.3 Å². The van der Waals surface area contributed by atoms with E-state index in [4.69, 9.17) is 4.74 Å². The quantitative estimate of drug-likeness (QED) is 0.865. The zero-order valence-electron chi connectivity index (χ0n) is 11.8. The molecule has 102 valence electrons. The number of H-pyrrole nitrogens is 1. The molecule has 1 N–H and O–H groups in total. The van der Waals surface area contributed by atoms with Gasteiger partial charge in [-0.3, -0.25) is 0 Å². The summed E-state index contributed by atoms with van der Waals surface area (Å²) in [6, 6.07) is 8.37. The van der Waals surface area contributed by atoms with E-state index < -0.39 is 0 Å². The fraction of sp³-hybridized carbons (Fsp3) is 0.467. The first-order valence-electron chi connectivity index (χ1n) is 6.80. The largest absolute Gasteiger partial charge is 0.491 e. The monoisotopic (exact) mass is 259 g/mol. The van der Waals surface area contributed by atoms with Crippen LogP contribution in [0.5, 0.6) is 5.75 Å². The highest BCUT2D eigenvalue weighted by Crippen LogP contribution is 2.25. The Kier molecular flexibility index (Phi) is 4.55. The first-order valence-corrected chi connectivity index (χ1v) is 6.80. The topological polar surface area (TPSA) is 50.8 Å². The third-order valence-corrected chi connectivity index (χ3v) is 3.14. The highest BCUT2D eigenvalue weighted by molar-refractivity contribution is 5.30. The molecule has 2 aromatic rings. The predicted octanol–water partition coefficient (Wildman–Crippen LogP) is 3.33. The summed E-state index contributed by atoms with van der Waals surface area (Å²) in [5, 5.41) is 10.6. The maximum atomic E-state index is 5.66. The fourth-order valence-corrected chi connectivity index (χ4v) is 2.16. The Labute approximate surface area is 114 Å². The average molecular weight is 259 g/mol. The Morgan fingerprint density at radius 1 is 1.21 bits per heavy atom. The number of ether oxygens (including phenoxy) is 1. The molecule has 0 aliphatic heterocycles. The van der Waals surface area contributed by atoms with Gasteiger partial charge in [-0.25, -0.2) is 0 Å². The summed E-state index contributed by atoms with van der Waals surface area (Å²) in [5.41, 5.74) is 2.33. The molecule has 2 rings (SSSR count). The number of benzene rings is 1. The molecule has 1 unspecified atom stereocenters. The van der Waals surface area contributed by atoms with Gasteiger partial charge in [0, 0.05) is 0 Å². The van der Waals surface area contributed by atoms with Crippen LogP contribution in [0.1, 0.15) is 44.4 Å². The molecule has 1 atom stereocenters. The van der Waals surface area contributed by atoms with E-state index in [0.29, 0.717) is 5.92 Å². The third-order valence-electron chi connectivity index (χ3n) is 3.14. The molecule has 0 aliphatic rings. The van der Waals surface area contributed by atoms with Gasteiger partial charge in [0.05, 0.1) is 18.0 Å². The average Bonchev–Trinajstić information content (AvgIpc) is 2.89. The SMILES string of the molecule is CCC(Cc1cn[nH]n1)c1ccc(OC(C)C)cc1. The minimum atomic E-state index is 0.211. The van der Waals surface area contributed by atoms with Crippen LogP contribution in [0.15, 0.2) is 30.5 Å². The number of aromatic nitrogens is 3. The molecule has 0 aliphatic carbocycles. The van der Waals surface area contributed by atoms with Crippen molar-refractivity contribution in [2.75, 3.05) is 0 Å². The number of aromatic amines is 1. The molecule has 19 heavy (non-hydrogen) atoms. The molecule has 0 fully saturated rings. The van der Waals surface area contributed by atoms with Crippen LogP contribution in [0.2, 0.25) is 0 Å². The Bertz CT molecular complexity index is 477. The third kappa shape index (κ3) is 3.81. The lowest BCUT2D eigenvalue weighted by Gasteiger charge is -2.15. The minimum absolute atomic E-state index is 0.211. The molecule has 1 heterocycles. The summed E-state index contributed by atoms with van der Waals surface area (Å²) in [5.74, 6) is 1.40. The van der Waals surface area contributed by atoms with Crippen LogP contribution in [0, 0.1) is 0 Å². The van der Waals surface area contributed by atoms with Crippen molar-refractivity contribution < 1.29 is 4.74 Å². The standard InChI is InChI=1S/C15H21N3O/c1-4-12(9-14-10-16-18-17-14)13-5-7-15(8-6-13)19-11(2)3/h5-8,10-12H,4,9H2,1-3H3,(H,16,17,18). The van der Waals surface area contributed by atoms with Crippen LogP contribution >= 0.6 is 0 Å². The molecule has 0 radical (unpaired) electrons. The zero-order valence-corrected chi connectivity index (χ0v) is 11.8. The first-order chi connectivity index (χ1) is 9.19.